The minimum absolute atomic E-state index is 0.155. The number of rotatable bonds is 8. The van der Waals surface area contributed by atoms with Gasteiger partial charge in [-0.2, -0.15) is 17.9 Å². The van der Waals surface area contributed by atoms with Crippen LogP contribution in [0.2, 0.25) is 0 Å². The summed E-state index contributed by atoms with van der Waals surface area (Å²) in [5.41, 5.74) is -1.81. The Balaban J connectivity index is 1.88. The molecule has 0 atom stereocenters. The number of aliphatic imine (C=N–C) groups is 1. The number of halogens is 3. The van der Waals surface area contributed by atoms with Crippen molar-refractivity contribution >= 4 is 27.8 Å². The van der Waals surface area contributed by atoms with Crippen LogP contribution in [0.1, 0.15) is 31.5 Å². The molecule has 0 aliphatic rings. The molecule has 2 aromatic heterocycles. The Morgan fingerprint density at radius 2 is 2.00 bits per heavy atom. The van der Waals surface area contributed by atoms with Gasteiger partial charge >= 0.3 is 6.18 Å². The van der Waals surface area contributed by atoms with Gasteiger partial charge in [0, 0.05) is 12.8 Å². The van der Waals surface area contributed by atoms with Crippen molar-refractivity contribution in [2.75, 3.05) is 26.2 Å². The SMILES string of the molecule is CCN(CC)CCCN=Cc1c(C(F)(F)F)[nH]n(-c2nc3ccccc3s2)c1=O. The van der Waals surface area contributed by atoms with Gasteiger partial charge < -0.3 is 4.90 Å². The van der Waals surface area contributed by atoms with Crippen molar-refractivity contribution in [2.24, 2.45) is 4.99 Å². The van der Waals surface area contributed by atoms with E-state index in [1.165, 1.54) is 0 Å². The second-order valence-corrected chi connectivity index (χ2v) is 7.43. The molecule has 1 aromatic carbocycles. The van der Waals surface area contributed by atoms with Crippen molar-refractivity contribution in [1.29, 1.82) is 0 Å². The fourth-order valence-corrected chi connectivity index (χ4v) is 3.88. The van der Waals surface area contributed by atoms with E-state index in [9.17, 15) is 18.0 Å². The maximum Gasteiger partial charge on any atom is 0.433 e. The largest absolute Gasteiger partial charge is 0.433 e. The number of fused-ring (bicyclic) bond motifs is 1. The summed E-state index contributed by atoms with van der Waals surface area (Å²) in [5.74, 6) is 0. The van der Waals surface area contributed by atoms with E-state index in [4.69, 9.17) is 0 Å². The third-order valence-corrected chi connectivity index (χ3v) is 5.58. The van der Waals surface area contributed by atoms with Crippen molar-refractivity contribution in [3.8, 4) is 5.13 Å². The van der Waals surface area contributed by atoms with Gasteiger partial charge in [0.15, 0.2) is 5.69 Å². The van der Waals surface area contributed by atoms with E-state index in [-0.39, 0.29) is 5.13 Å². The van der Waals surface area contributed by atoms with Gasteiger partial charge in [-0.15, -0.1) is 0 Å². The molecule has 10 heteroatoms. The predicted octanol–water partition coefficient (Wildman–Crippen LogP) is 3.94. The third-order valence-electron chi connectivity index (χ3n) is 4.56. The van der Waals surface area contributed by atoms with Crippen LogP contribution in [0.5, 0.6) is 0 Å². The second-order valence-electron chi connectivity index (χ2n) is 6.42. The molecule has 1 N–H and O–H groups in total. The normalized spacial score (nSPS) is 12.6. The molecule has 0 spiro atoms. The highest BCUT2D eigenvalue weighted by atomic mass is 32.1. The number of para-hydroxylation sites is 1. The Kier molecular flexibility index (Phi) is 6.53. The van der Waals surface area contributed by atoms with Crippen molar-refractivity contribution in [3.05, 3.63) is 45.9 Å². The highest BCUT2D eigenvalue weighted by molar-refractivity contribution is 7.20. The lowest BCUT2D eigenvalue weighted by Gasteiger charge is -2.16. The molecule has 29 heavy (non-hydrogen) atoms. The van der Waals surface area contributed by atoms with E-state index in [1.807, 2.05) is 13.8 Å². The zero-order valence-electron chi connectivity index (χ0n) is 16.2. The molecule has 6 nitrogen and oxygen atoms in total. The van der Waals surface area contributed by atoms with E-state index in [0.29, 0.717) is 18.5 Å². The van der Waals surface area contributed by atoms with Crippen molar-refractivity contribution in [1.82, 2.24) is 19.7 Å². The third kappa shape index (κ3) is 4.76. The lowest BCUT2D eigenvalue weighted by Crippen LogP contribution is -2.24. The average Bonchev–Trinajstić information content (AvgIpc) is 3.25. The number of alkyl halides is 3. The summed E-state index contributed by atoms with van der Waals surface area (Å²) in [6.07, 6.45) is -2.98. The van der Waals surface area contributed by atoms with Crippen LogP contribution in [0.3, 0.4) is 0 Å². The number of nitrogens with zero attached hydrogens (tertiary/aromatic N) is 4. The van der Waals surface area contributed by atoms with Gasteiger partial charge in [-0.25, -0.2) is 4.98 Å². The summed E-state index contributed by atoms with van der Waals surface area (Å²) in [6, 6.07) is 7.12. The number of aromatic amines is 1. The molecule has 0 saturated heterocycles. The maximum absolute atomic E-state index is 13.5. The molecule has 156 valence electrons. The van der Waals surface area contributed by atoms with Crippen molar-refractivity contribution in [3.63, 3.8) is 0 Å². The van der Waals surface area contributed by atoms with Crippen molar-refractivity contribution < 1.29 is 13.2 Å². The number of H-pyrrole nitrogens is 1. The second kappa shape index (κ2) is 8.91. The molecule has 0 saturated carbocycles. The van der Waals surface area contributed by atoms with Gasteiger partial charge in [-0.3, -0.25) is 14.9 Å². The van der Waals surface area contributed by atoms with Crippen LogP contribution < -0.4 is 5.56 Å². The average molecular weight is 425 g/mol. The molecule has 0 aliphatic carbocycles. The van der Waals surface area contributed by atoms with Crippen molar-refractivity contribution in [2.45, 2.75) is 26.4 Å². The van der Waals surface area contributed by atoms with Gasteiger partial charge in [0.05, 0.1) is 15.8 Å². The topological polar surface area (TPSA) is 66.3 Å². The summed E-state index contributed by atoms with van der Waals surface area (Å²) >= 11 is 1.14. The number of thiazole rings is 1. The molecular weight excluding hydrogens is 403 g/mol. The Bertz CT molecular complexity index is 1010. The minimum Gasteiger partial charge on any atom is -0.304 e. The number of hydrogen-bond donors (Lipinski definition) is 1. The number of hydrogen-bond acceptors (Lipinski definition) is 5. The summed E-state index contributed by atoms with van der Waals surface area (Å²) in [4.78, 5) is 23.2. The molecular formula is C19H22F3N5OS. The monoisotopic (exact) mass is 425 g/mol. The number of aromatic nitrogens is 3. The molecule has 0 radical (unpaired) electrons. The molecule has 3 rings (SSSR count). The van der Waals surface area contributed by atoms with Crippen LogP contribution in [0.15, 0.2) is 34.1 Å². The Morgan fingerprint density at radius 3 is 2.66 bits per heavy atom. The first kappa shape index (κ1) is 21.3. The zero-order valence-corrected chi connectivity index (χ0v) is 17.0. The van der Waals surface area contributed by atoms with Crippen LogP contribution in [0.25, 0.3) is 15.3 Å². The first-order chi connectivity index (χ1) is 13.8. The molecule has 2 heterocycles. The quantitative estimate of drug-likeness (QED) is 0.439. The summed E-state index contributed by atoms with van der Waals surface area (Å²) in [7, 11) is 0. The van der Waals surface area contributed by atoms with Crippen LogP contribution in [-0.2, 0) is 6.18 Å². The lowest BCUT2D eigenvalue weighted by atomic mass is 10.2. The van der Waals surface area contributed by atoms with Crippen LogP contribution >= 0.6 is 11.3 Å². The van der Waals surface area contributed by atoms with Gasteiger partial charge in [-0.1, -0.05) is 37.3 Å². The number of nitrogens with one attached hydrogen (secondary N) is 1. The van der Waals surface area contributed by atoms with Crippen LogP contribution in [0, 0.1) is 0 Å². The van der Waals surface area contributed by atoms with E-state index in [1.54, 1.807) is 24.3 Å². The fraction of sp³-hybridized carbons (Fsp3) is 0.421. The standard InChI is InChI=1S/C19H22F3N5OS/c1-3-26(4-2)11-7-10-23-12-13-16(19(20,21)22)25-27(17(13)28)18-24-14-8-5-6-9-15(14)29-18/h5-6,8-9,12,25H,3-4,7,10-11H2,1-2H3. The maximum atomic E-state index is 13.5. The predicted molar refractivity (Wildman–Crippen MR) is 109 cm³/mol. The van der Waals surface area contributed by atoms with E-state index < -0.39 is 23.0 Å². The zero-order chi connectivity index (χ0) is 21.0. The van der Waals surface area contributed by atoms with Gasteiger partial charge in [-0.05, 0) is 38.2 Å². The highest BCUT2D eigenvalue weighted by Gasteiger charge is 2.38. The first-order valence-electron chi connectivity index (χ1n) is 9.35. The van der Waals surface area contributed by atoms with E-state index in [2.05, 4.69) is 20.0 Å². The van der Waals surface area contributed by atoms with Crippen LogP contribution in [-0.4, -0.2) is 52.1 Å². The molecule has 0 amide bonds. The fourth-order valence-electron chi connectivity index (χ4n) is 2.96. The Labute approximate surface area is 169 Å². The molecule has 0 bridgehead atoms. The molecule has 0 fully saturated rings. The smallest absolute Gasteiger partial charge is 0.304 e. The van der Waals surface area contributed by atoms with E-state index >= 15 is 0 Å². The lowest BCUT2D eigenvalue weighted by molar-refractivity contribution is -0.141. The Morgan fingerprint density at radius 1 is 1.28 bits per heavy atom. The first-order valence-corrected chi connectivity index (χ1v) is 10.2. The molecule has 0 aliphatic heterocycles. The van der Waals surface area contributed by atoms with Gasteiger partial charge in [0.25, 0.3) is 5.56 Å². The number of benzene rings is 1. The van der Waals surface area contributed by atoms with E-state index in [0.717, 1.165) is 46.6 Å². The van der Waals surface area contributed by atoms with Gasteiger partial charge in [0.2, 0.25) is 5.13 Å². The summed E-state index contributed by atoms with van der Waals surface area (Å²) < 4.78 is 42.0. The summed E-state index contributed by atoms with van der Waals surface area (Å²) in [5, 5.41) is 2.33. The Hall–Kier alpha value is -2.46. The summed E-state index contributed by atoms with van der Waals surface area (Å²) in [6.45, 7) is 7.06. The minimum atomic E-state index is -4.70. The van der Waals surface area contributed by atoms with Crippen LogP contribution in [0.4, 0.5) is 13.2 Å². The van der Waals surface area contributed by atoms with Gasteiger partial charge in [0.1, 0.15) is 0 Å². The highest BCUT2D eigenvalue weighted by Crippen LogP contribution is 2.30. The molecule has 3 aromatic rings. The molecule has 0 unspecified atom stereocenters.